The Morgan fingerprint density at radius 3 is 2.67 bits per heavy atom. The van der Waals surface area contributed by atoms with E-state index in [0.29, 0.717) is 19.0 Å². The first-order valence-electron chi connectivity index (χ1n) is 5.17. The molecule has 1 saturated carbocycles. The number of carbonyl (C=O) groups excluding carboxylic acids is 2. The maximum Gasteiger partial charge on any atom is 0.325 e. The summed E-state index contributed by atoms with van der Waals surface area (Å²) in [6.45, 7) is 0.716. The van der Waals surface area contributed by atoms with Crippen molar-refractivity contribution in [3.63, 3.8) is 0 Å². The molecule has 0 radical (unpaired) electrons. The molecule has 1 aliphatic carbocycles. The topological polar surface area (TPSA) is 58.6 Å². The molecule has 1 fully saturated rings. The largest absolute Gasteiger partial charge is 0.468 e. The minimum absolute atomic E-state index is 0.0265. The van der Waals surface area contributed by atoms with E-state index in [1.807, 2.05) is 0 Å². The van der Waals surface area contributed by atoms with Gasteiger partial charge in [0.25, 0.3) is 0 Å². The summed E-state index contributed by atoms with van der Waals surface area (Å²) in [4.78, 5) is 23.8. The van der Waals surface area contributed by atoms with Crippen molar-refractivity contribution in [2.24, 2.45) is 0 Å². The molecular weight excluding hydrogens is 196 g/mol. The van der Waals surface area contributed by atoms with E-state index in [9.17, 15) is 9.59 Å². The normalized spacial score (nSPS) is 14.8. The lowest BCUT2D eigenvalue weighted by atomic mass is 10.3. The third kappa shape index (κ3) is 4.78. The van der Waals surface area contributed by atoms with Crippen molar-refractivity contribution in [3.8, 4) is 0 Å². The molecule has 0 aliphatic heterocycles. The van der Waals surface area contributed by atoms with Gasteiger partial charge in [0.15, 0.2) is 0 Å². The lowest BCUT2D eigenvalue weighted by Crippen LogP contribution is -2.34. The Hall–Kier alpha value is -1.10. The average molecular weight is 214 g/mol. The number of hydrogen-bond donors (Lipinski definition) is 1. The highest BCUT2D eigenvalue weighted by molar-refractivity contribution is 5.81. The first-order valence-corrected chi connectivity index (χ1v) is 5.17. The molecule has 0 unspecified atom stereocenters. The molecule has 1 aliphatic rings. The number of amides is 1. The van der Waals surface area contributed by atoms with Crippen LogP contribution in [0.4, 0.5) is 0 Å². The highest BCUT2D eigenvalue weighted by atomic mass is 16.5. The molecular formula is C10H18N2O3. The number of methoxy groups -OCH3 is 1. The van der Waals surface area contributed by atoms with Crippen LogP contribution in [-0.2, 0) is 14.3 Å². The third-order valence-corrected chi connectivity index (χ3v) is 2.37. The molecule has 0 atom stereocenters. The Morgan fingerprint density at radius 2 is 2.13 bits per heavy atom. The van der Waals surface area contributed by atoms with Gasteiger partial charge in [0.2, 0.25) is 5.91 Å². The molecule has 0 saturated heterocycles. The minimum Gasteiger partial charge on any atom is -0.468 e. The molecule has 0 aromatic rings. The third-order valence-electron chi connectivity index (χ3n) is 2.37. The van der Waals surface area contributed by atoms with Crippen LogP contribution in [0.5, 0.6) is 0 Å². The zero-order valence-corrected chi connectivity index (χ0v) is 9.28. The Bertz CT molecular complexity index is 239. The van der Waals surface area contributed by atoms with Gasteiger partial charge in [-0.2, -0.15) is 0 Å². The van der Waals surface area contributed by atoms with Gasteiger partial charge in [0, 0.05) is 26.1 Å². The molecule has 1 amide bonds. The van der Waals surface area contributed by atoms with E-state index in [1.165, 1.54) is 24.9 Å². The summed E-state index contributed by atoms with van der Waals surface area (Å²) in [5, 5.41) is 3.25. The number of nitrogens with one attached hydrogen (secondary N) is 1. The fraction of sp³-hybridized carbons (Fsp3) is 0.800. The molecule has 86 valence electrons. The van der Waals surface area contributed by atoms with Crippen molar-refractivity contribution >= 4 is 11.9 Å². The monoisotopic (exact) mass is 214 g/mol. The van der Waals surface area contributed by atoms with Crippen molar-refractivity contribution < 1.29 is 14.3 Å². The Kier molecular flexibility index (Phi) is 4.55. The number of likely N-dealkylation sites (N-methyl/N-ethyl adjacent to an activating group) is 1. The first-order chi connectivity index (χ1) is 7.13. The van der Waals surface area contributed by atoms with Crippen LogP contribution in [0.3, 0.4) is 0 Å². The van der Waals surface area contributed by atoms with E-state index < -0.39 is 0 Å². The van der Waals surface area contributed by atoms with Crippen molar-refractivity contribution in [3.05, 3.63) is 0 Å². The summed E-state index contributed by atoms with van der Waals surface area (Å²) in [6, 6.07) is 0.615. The SMILES string of the molecule is COC(=O)CN(C)C(=O)CCNC1CC1. The lowest BCUT2D eigenvalue weighted by Gasteiger charge is -2.15. The molecule has 1 N–H and O–H groups in total. The van der Waals surface area contributed by atoms with Crippen molar-refractivity contribution in [1.29, 1.82) is 0 Å². The van der Waals surface area contributed by atoms with E-state index >= 15 is 0 Å². The summed E-state index contributed by atoms with van der Waals surface area (Å²) >= 11 is 0. The van der Waals surface area contributed by atoms with E-state index in [0.717, 1.165) is 0 Å². The van der Waals surface area contributed by atoms with Crippen LogP contribution in [0.15, 0.2) is 0 Å². The van der Waals surface area contributed by atoms with Gasteiger partial charge < -0.3 is 15.0 Å². The second-order valence-electron chi connectivity index (χ2n) is 3.80. The Labute approximate surface area is 89.8 Å². The quantitative estimate of drug-likeness (QED) is 0.620. The van der Waals surface area contributed by atoms with Crippen LogP contribution < -0.4 is 5.32 Å². The Balaban J connectivity index is 2.10. The molecule has 5 heteroatoms. The van der Waals surface area contributed by atoms with Crippen molar-refractivity contribution in [1.82, 2.24) is 10.2 Å². The minimum atomic E-state index is -0.388. The van der Waals surface area contributed by atoms with Crippen LogP contribution in [0.2, 0.25) is 0 Å². The predicted molar refractivity (Wildman–Crippen MR) is 55.3 cm³/mol. The zero-order valence-electron chi connectivity index (χ0n) is 9.28. The summed E-state index contributed by atoms with van der Waals surface area (Å²) < 4.78 is 4.48. The van der Waals surface area contributed by atoms with E-state index in [4.69, 9.17) is 0 Å². The number of nitrogens with zero attached hydrogens (tertiary/aromatic N) is 1. The molecule has 0 bridgehead atoms. The lowest BCUT2D eigenvalue weighted by molar-refractivity contribution is -0.146. The van der Waals surface area contributed by atoms with Crippen molar-refractivity contribution in [2.45, 2.75) is 25.3 Å². The van der Waals surface area contributed by atoms with Gasteiger partial charge in [-0.05, 0) is 12.8 Å². The molecule has 5 nitrogen and oxygen atoms in total. The van der Waals surface area contributed by atoms with Gasteiger partial charge in [-0.3, -0.25) is 9.59 Å². The van der Waals surface area contributed by atoms with E-state index in [2.05, 4.69) is 10.1 Å². The molecule has 1 rings (SSSR count). The van der Waals surface area contributed by atoms with Gasteiger partial charge in [0.05, 0.1) is 7.11 Å². The van der Waals surface area contributed by atoms with Gasteiger partial charge in [-0.25, -0.2) is 0 Å². The molecule has 15 heavy (non-hydrogen) atoms. The van der Waals surface area contributed by atoms with Crippen LogP contribution in [0, 0.1) is 0 Å². The van der Waals surface area contributed by atoms with Crippen LogP contribution >= 0.6 is 0 Å². The smallest absolute Gasteiger partial charge is 0.325 e. The van der Waals surface area contributed by atoms with E-state index in [1.54, 1.807) is 7.05 Å². The predicted octanol–water partition coefficient (Wildman–Crippen LogP) is -0.240. The number of ether oxygens (including phenoxy) is 1. The highest BCUT2D eigenvalue weighted by Gasteiger charge is 2.20. The first kappa shape index (κ1) is 12.0. The van der Waals surface area contributed by atoms with Gasteiger partial charge >= 0.3 is 5.97 Å². The summed E-state index contributed by atoms with van der Waals surface area (Å²) in [7, 11) is 2.92. The van der Waals surface area contributed by atoms with Crippen molar-refractivity contribution in [2.75, 3.05) is 27.2 Å². The number of esters is 1. The summed E-state index contributed by atoms with van der Waals surface area (Å²) in [5.74, 6) is -0.422. The second-order valence-corrected chi connectivity index (χ2v) is 3.80. The van der Waals surface area contributed by atoms with E-state index in [-0.39, 0.29) is 18.4 Å². The summed E-state index contributed by atoms with van der Waals surface area (Å²) in [6.07, 6.45) is 2.86. The average Bonchev–Trinajstić information content (AvgIpc) is 3.01. The molecule has 0 aromatic carbocycles. The Morgan fingerprint density at radius 1 is 1.47 bits per heavy atom. The van der Waals surface area contributed by atoms with Gasteiger partial charge in [-0.1, -0.05) is 0 Å². The van der Waals surface area contributed by atoms with Gasteiger partial charge in [0.1, 0.15) is 6.54 Å². The van der Waals surface area contributed by atoms with Gasteiger partial charge in [-0.15, -0.1) is 0 Å². The second kappa shape index (κ2) is 5.70. The zero-order chi connectivity index (χ0) is 11.3. The van der Waals surface area contributed by atoms with Crippen LogP contribution in [0.25, 0.3) is 0 Å². The van der Waals surface area contributed by atoms with Crippen LogP contribution in [-0.4, -0.2) is 50.1 Å². The summed E-state index contributed by atoms with van der Waals surface area (Å²) in [5.41, 5.74) is 0. The fourth-order valence-electron chi connectivity index (χ4n) is 1.21. The molecule has 0 aromatic heterocycles. The maximum absolute atomic E-state index is 11.5. The number of carbonyl (C=O) groups is 2. The number of rotatable bonds is 6. The maximum atomic E-state index is 11.5. The standard InChI is InChI=1S/C10H18N2O3/c1-12(7-10(14)15-2)9(13)5-6-11-8-3-4-8/h8,11H,3-7H2,1-2H3. The fourth-order valence-corrected chi connectivity index (χ4v) is 1.21. The molecule has 0 heterocycles. The number of hydrogen-bond acceptors (Lipinski definition) is 4. The molecule has 0 spiro atoms. The highest BCUT2D eigenvalue weighted by Crippen LogP contribution is 2.18. The van der Waals surface area contributed by atoms with Crippen LogP contribution in [0.1, 0.15) is 19.3 Å².